The van der Waals surface area contributed by atoms with Gasteiger partial charge in [0.15, 0.2) is 11.5 Å². The Balaban J connectivity index is 2.20. The Hall–Kier alpha value is -2.17. The molecule has 0 bridgehead atoms. The summed E-state index contributed by atoms with van der Waals surface area (Å²) in [5.74, 6) is 0.360. The van der Waals surface area contributed by atoms with E-state index in [9.17, 15) is 4.79 Å². The first-order valence-electron chi connectivity index (χ1n) is 6.72. The van der Waals surface area contributed by atoms with Crippen LogP contribution in [0, 0.1) is 0 Å². The summed E-state index contributed by atoms with van der Waals surface area (Å²) in [4.78, 5) is 10.8. The molecule has 2 aromatic rings. The van der Waals surface area contributed by atoms with Crippen LogP contribution in [0.3, 0.4) is 0 Å². The first-order valence-corrected chi connectivity index (χ1v) is 7.47. The number of carbonyl (C=O) groups excluding carboxylic acids is 1. The Bertz CT molecular complexity index is 727. The lowest BCUT2D eigenvalue weighted by molar-refractivity contribution is -0.113. The molecule has 0 aliphatic heterocycles. The van der Waals surface area contributed by atoms with Crippen LogP contribution >= 0.6 is 23.2 Å². The molecule has 0 aliphatic carbocycles. The molecule has 120 valence electrons. The fraction of sp³-hybridized carbons (Fsp3) is 0.118. The van der Waals surface area contributed by atoms with Crippen LogP contribution in [0.2, 0.25) is 10.0 Å². The van der Waals surface area contributed by atoms with Gasteiger partial charge in [-0.1, -0.05) is 35.3 Å². The number of nitrogens with two attached hydrogens (primary N) is 1. The fourth-order valence-electron chi connectivity index (χ4n) is 1.89. The minimum Gasteiger partial charge on any atom is -0.493 e. The normalized spacial score (nSPS) is 10.7. The topological polar surface area (TPSA) is 61.5 Å². The van der Waals surface area contributed by atoms with Gasteiger partial charge in [0.05, 0.1) is 12.1 Å². The molecular weight excluding hydrogens is 337 g/mol. The highest BCUT2D eigenvalue weighted by molar-refractivity contribution is 6.32. The average molecular weight is 352 g/mol. The molecule has 4 nitrogen and oxygen atoms in total. The number of halogens is 2. The van der Waals surface area contributed by atoms with Crippen molar-refractivity contribution in [1.82, 2.24) is 0 Å². The van der Waals surface area contributed by atoms with Crippen LogP contribution < -0.4 is 15.2 Å². The second kappa shape index (κ2) is 7.90. The molecule has 0 atom stereocenters. The number of carbonyl (C=O) groups is 1. The van der Waals surface area contributed by atoms with Gasteiger partial charge in [0, 0.05) is 11.1 Å². The highest BCUT2D eigenvalue weighted by Crippen LogP contribution is 2.37. The minimum absolute atomic E-state index is 0.323. The molecule has 6 heteroatoms. The molecule has 23 heavy (non-hydrogen) atoms. The lowest BCUT2D eigenvalue weighted by atomic mass is 10.2. The summed E-state index contributed by atoms with van der Waals surface area (Å²) in [6.07, 6.45) is 2.80. The van der Waals surface area contributed by atoms with Crippen LogP contribution in [0.25, 0.3) is 6.08 Å². The molecule has 0 aromatic heterocycles. The molecular formula is C17H15Cl2NO3. The highest BCUT2D eigenvalue weighted by Gasteiger charge is 2.11. The molecule has 2 N–H and O–H groups in total. The largest absolute Gasteiger partial charge is 0.493 e. The maximum absolute atomic E-state index is 10.8. The smallest absolute Gasteiger partial charge is 0.241 e. The van der Waals surface area contributed by atoms with Crippen LogP contribution in [0.4, 0.5) is 0 Å². The molecule has 0 spiro atoms. The minimum atomic E-state index is -0.539. The molecule has 2 aromatic carbocycles. The molecule has 0 saturated heterocycles. The van der Waals surface area contributed by atoms with Crippen molar-refractivity contribution in [3.05, 3.63) is 63.6 Å². The summed E-state index contributed by atoms with van der Waals surface area (Å²) in [5.41, 5.74) is 6.71. The van der Waals surface area contributed by atoms with Crippen LogP contribution in [0.15, 0.2) is 42.5 Å². The lowest BCUT2D eigenvalue weighted by Gasteiger charge is -2.13. The van der Waals surface area contributed by atoms with E-state index in [-0.39, 0.29) is 0 Å². The van der Waals surface area contributed by atoms with E-state index < -0.39 is 5.91 Å². The van der Waals surface area contributed by atoms with Crippen LogP contribution in [0.5, 0.6) is 11.5 Å². The van der Waals surface area contributed by atoms with Gasteiger partial charge in [-0.2, -0.15) is 0 Å². The summed E-state index contributed by atoms with van der Waals surface area (Å²) in [6, 6.07) is 10.7. The van der Waals surface area contributed by atoms with E-state index in [0.29, 0.717) is 33.7 Å². The lowest BCUT2D eigenvalue weighted by Crippen LogP contribution is -2.05. The van der Waals surface area contributed by atoms with E-state index in [0.717, 1.165) is 5.56 Å². The molecule has 0 aliphatic rings. The predicted octanol–water partition coefficient (Wildman–Crippen LogP) is 4.08. The third kappa shape index (κ3) is 4.91. The van der Waals surface area contributed by atoms with Crippen molar-refractivity contribution < 1.29 is 14.3 Å². The molecule has 0 radical (unpaired) electrons. The van der Waals surface area contributed by atoms with Crippen LogP contribution in [-0.4, -0.2) is 13.0 Å². The monoisotopic (exact) mass is 351 g/mol. The van der Waals surface area contributed by atoms with E-state index in [1.165, 1.54) is 13.2 Å². The van der Waals surface area contributed by atoms with Gasteiger partial charge in [-0.25, -0.2) is 0 Å². The fourth-order valence-corrected chi connectivity index (χ4v) is 2.29. The number of primary amides is 1. The number of benzene rings is 2. The molecule has 0 unspecified atom stereocenters. The number of hydrogen-bond acceptors (Lipinski definition) is 3. The number of rotatable bonds is 6. The molecule has 0 heterocycles. The Morgan fingerprint density at radius 3 is 2.52 bits per heavy atom. The quantitative estimate of drug-likeness (QED) is 0.797. The van der Waals surface area contributed by atoms with E-state index in [2.05, 4.69) is 0 Å². The zero-order valence-electron chi connectivity index (χ0n) is 12.4. The second-order valence-electron chi connectivity index (χ2n) is 4.68. The molecule has 0 saturated carbocycles. The van der Waals surface area contributed by atoms with E-state index in [1.54, 1.807) is 30.3 Å². The van der Waals surface area contributed by atoms with Gasteiger partial charge in [0.25, 0.3) is 0 Å². The van der Waals surface area contributed by atoms with Gasteiger partial charge in [-0.05, 0) is 41.5 Å². The van der Waals surface area contributed by atoms with E-state index in [4.69, 9.17) is 38.4 Å². The van der Waals surface area contributed by atoms with Gasteiger partial charge < -0.3 is 15.2 Å². The van der Waals surface area contributed by atoms with Crippen molar-refractivity contribution in [3.8, 4) is 11.5 Å². The first-order chi connectivity index (χ1) is 11.0. The van der Waals surface area contributed by atoms with Crippen LogP contribution in [0.1, 0.15) is 11.1 Å². The Labute approximate surface area is 144 Å². The molecule has 0 fully saturated rings. The van der Waals surface area contributed by atoms with Gasteiger partial charge in [0.2, 0.25) is 5.91 Å². The van der Waals surface area contributed by atoms with Crippen LogP contribution in [-0.2, 0) is 11.4 Å². The standard InChI is InChI=1S/C17H15Cl2NO3/c1-22-15-9-12(4-7-16(20)21)8-14(19)17(15)23-10-11-2-5-13(18)6-3-11/h2-9H,10H2,1H3,(H2,20,21)/b7-4+. The molecule has 2 rings (SSSR count). The average Bonchev–Trinajstić information content (AvgIpc) is 2.53. The number of ether oxygens (including phenoxy) is 2. The van der Waals surface area contributed by atoms with E-state index >= 15 is 0 Å². The highest BCUT2D eigenvalue weighted by atomic mass is 35.5. The second-order valence-corrected chi connectivity index (χ2v) is 5.53. The van der Waals surface area contributed by atoms with Gasteiger partial charge in [-0.3, -0.25) is 4.79 Å². The Morgan fingerprint density at radius 2 is 1.91 bits per heavy atom. The predicted molar refractivity (Wildman–Crippen MR) is 92.0 cm³/mol. The number of amides is 1. The summed E-state index contributed by atoms with van der Waals surface area (Å²) in [7, 11) is 1.52. The Morgan fingerprint density at radius 1 is 1.22 bits per heavy atom. The van der Waals surface area contributed by atoms with Gasteiger partial charge in [-0.15, -0.1) is 0 Å². The van der Waals surface area contributed by atoms with Crippen molar-refractivity contribution in [2.45, 2.75) is 6.61 Å². The maximum atomic E-state index is 10.8. The van der Waals surface area contributed by atoms with E-state index in [1.807, 2.05) is 12.1 Å². The third-order valence-corrected chi connectivity index (χ3v) is 3.52. The zero-order chi connectivity index (χ0) is 16.8. The zero-order valence-corrected chi connectivity index (χ0v) is 13.9. The summed E-state index contributed by atoms with van der Waals surface area (Å²) >= 11 is 12.1. The summed E-state index contributed by atoms with van der Waals surface area (Å²) < 4.78 is 11.1. The number of methoxy groups -OCH3 is 1. The summed E-state index contributed by atoms with van der Waals surface area (Å²) in [5, 5.41) is 1.04. The van der Waals surface area contributed by atoms with Crippen molar-refractivity contribution in [3.63, 3.8) is 0 Å². The van der Waals surface area contributed by atoms with Crippen molar-refractivity contribution >= 4 is 35.2 Å². The number of hydrogen-bond donors (Lipinski definition) is 1. The van der Waals surface area contributed by atoms with Crippen molar-refractivity contribution in [1.29, 1.82) is 0 Å². The van der Waals surface area contributed by atoms with Gasteiger partial charge >= 0.3 is 0 Å². The van der Waals surface area contributed by atoms with Crippen molar-refractivity contribution in [2.24, 2.45) is 5.73 Å². The maximum Gasteiger partial charge on any atom is 0.241 e. The summed E-state index contributed by atoms with van der Waals surface area (Å²) in [6.45, 7) is 0.323. The SMILES string of the molecule is COc1cc(/C=C/C(N)=O)cc(Cl)c1OCc1ccc(Cl)cc1. The Kier molecular flexibility index (Phi) is 5.90. The molecule has 1 amide bonds. The van der Waals surface area contributed by atoms with Crippen molar-refractivity contribution in [2.75, 3.05) is 7.11 Å². The third-order valence-electron chi connectivity index (χ3n) is 2.99. The van der Waals surface area contributed by atoms with Gasteiger partial charge in [0.1, 0.15) is 6.61 Å². The first kappa shape index (κ1) is 17.2.